The van der Waals surface area contributed by atoms with E-state index in [1.165, 1.54) is 44.9 Å². The summed E-state index contributed by atoms with van der Waals surface area (Å²) in [6.45, 7) is 3.26. The van der Waals surface area contributed by atoms with Crippen LogP contribution in [0.4, 0.5) is 0 Å². The number of hydrogen-bond donors (Lipinski definition) is 3. The number of phosphoric ester groups is 1. The van der Waals surface area contributed by atoms with Gasteiger partial charge in [-0.05, 0) is 51.4 Å². The Hall–Kier alpha value is -2.10. The van der Waals surface area contributed by atoms with E-state index < -0.39 is 45.8 Å². The second kappa shape index (κ2) is 36.7. The first-order valence-corrected chi connectivity index (χ1v) is 20.4. The van der Waals surface area contributed by atoms with E-state index in [0.29, 0.717) is 13.0 Å². The van der Waals surface area contributed by atoms with Crippen LogP contribution in [0.5, 0.6) is 0 Å². The molecule has 0 aliphatic rings. The second-order valence-corrected chi connectivity index (χ2v) is 13.7. The summed E-state index contributed by atoms with van der Waals surface area (Å²) >= 11 is 0. The summed E-state index contributed by atoms with van der Waals surface area (Å²) in [6.07, 6.45) is 41.6. The fraction of sp³-hybridized carbons (Fsp3) is 0.675. The average Bonchev–Trinajstić information content (AvgIpc) is 3.10. The van der Waals surface area contributed by atoms with Gasteiger partial charge in [-0.3, -0.25) is 13.8 Å². The molecule has 0 rings (SSSR count). The molecule has 0 spiro atoms. The molecule has 0 fully saturated rings. The normalized spacial score (nSPS) is 15.1. The number of phosphoric acid groups is 1. The third-order valence-electron chi connectivity index (χ3n) is 7.42. The monoisotopic (exact) mass is 724 g/mol. The molecule has 0 amide bonds. The van der Waals surface area contributed by atoms with Crippen LogP contribution in [0.2, 0.25) is 0 Å². The highest BCUT2D eigenvalue weighted by Crippen LogP contribution is 2.43. The minimum atomic E-state index is -4.53. The molecular formula is C40H69O9P. The maximum atomic E-state index is 12.5. The Morgan fingerprint density at radius 3 is 1.60 bits per heavy atom. The van der Waals surface area contributed by atoms with Crippen molar-refractivity contribution in [1.29, 1.82) is 0 Å². The number of ether oxygens (including phenoxy) is 2. The van der Waals surface area contributed by atoms with E-state index >= 15 is 0 Å². The zero-order valence-corrected chi connectivity index (χ0v) is 32.0. The Labute approximate surface area is 303 Å². The van der Waals surface area contributed by atoms with Gasteiger partial charge >= 0.3 is 13.8 Å². The van der Waals surface area contributed by atoms with Crippen LogP contribution < -0.4 is 0 Å². The van der Waals surface area contributed by atoms with Gasteiger partial charge < -0.3 is 24.6 Å². The molecule has 288 valence electrons. The Balaban J connectivity index is 4.38. The van der Waals surface area contributed by atoms with Crippen molar-refractivity contribution >= 4 is 13.8 Å². The van der Waals surface area contributed by atoms with E-state index in [4.69, 9.17) is 23.6 Å². The maximum absolute atomic E-state index is 12.5. The van der Waals surface area contributed by atoms with Crippen LogP contribution in [0.3, 0.4) is 0 Å². The molecule has 0 aliphatic heterocycles. The van der Waals surface area contributed by atoms with E-state index in [2.05, 4.69) is 74.6 Å². The number of rotatable bonds is 35. The number of unbranched alkanes of at least 4 members (excludes halogenated alkanes) is 9. The van der Waals surface area contributed by atoms with E-state index in [-0.39, 0.29) is 13.0 Å². The van der Waals surface area contributed by atoms with Crippen molar-refractivity contribution < 1.29 is 43.0 Å². The van der Waals surface area contributed by atoms with Crippen molar-refractivity contribution in [1.82, 2.24) is 0 Å². The highest BCUT2D eigenvalue weighted by atomic mass is 31.2. The molecule has 3 atom stereocenters. The van der Waals surface area contributed by atoms with Gasteiger partial charge in [0.25, 0.3) is 0 Å². The summed E-state index contributed by atoms with van der Waals surface area (Å²) in [5.41, 5.74) is 0. The molecule has 3 N–H and O–H groups in total. The quantitative estimate of drug-likeness (QED) is 0.0253. The molecule has 0 aromatic carbocycles. The summed E-state index contributed by atoms with van der Waals surface area (Å²) in [5, 5.41) is 18.3. The van der Waals surface area contributed by atoms with Gasteiger partial charge in [0.05, 0.1) is 26.4 Å². The van der Waals surface area contributed by atoms with Gasteiger partial charge in [0.15, 0.2) is 0 Å². The first-order chi connectivity index (χ1) is 24.3. The van der Waals surface area contributed by atoms with Gasteiger partial charge in [-0.2, -0.15) is 0 Å². The SMILES string of the molecule is CC/C=C\C/C=C\C/C=C\C/C=C\C/C=C\C/C=C\CCC(=O)OC(COCCCCCCCCCCCC)COP(=O)(O)OCC(O)CO. The number of carbonyl (C=O) groups is 1. The van der Waals surface area contributed by atoms with E-state index in [9.17, 15) is 19.4 Å². The highest BCUT2D eigenvalue weighted by molar-refractivity contribution is 7.47. The fourth-order valence-corrected chi connectivity index (χ4v) is 5.35. The summed E-state index contributed by atoms with van der Waals surface area (Å²) in [6, 6.07) is 0. The van der Waals surface area contributed by atoms with Crippen LogP contribution >= 0.6 is 7.82 Å². The van der Waals surface area contributed by atoms with Gasteiger partial charge in [-0.1, -0.05) is 145 Å². The van der Waals surface area contributed by atoms with Gasteiger partial charge in [0.2, 0.25) is 0 Å². The number of aliphatic hydroxyl groups is 2. The zero-order chi connectivity index (χ0) is 36.8. The lowest BCUT2D eigenvalue weighted by molar-refractivity contribution is -0.154. The third-order valence-corrected chi connectivity index (χ3v) is 8.37. The van der Waals surface area contributed by atoms with Crippen LogP contribution in [0.1, 0.15) is 129 Å². The number of hydrogen-bond acceptors (Lipinski definition) is 8. The van der Waals surface area contributed by atoms with Gasteiger partial charge in [-0.25, -0.2) is 4.57 Å². The second-order valence-electron chi connectivity index (χ2n) is 12.2. The number of allylic oxidation sites excluding steroid dienone is 12. The first-order valence-electron chi connectivity index (χ1n) is 18.9. The molecule has 10 heteroatoms. The van der Waals surface area contributed by atoms with Crippen molar-refractivity contribution in [3.05, 3.63) is 72.9 Å². The lowest BCUT2D eigenvalue weighted by Gasteiger charge is -2.20. The Kier molecular flexibility index (Phi) is 35.1. The lowest BCUT2D eigenvalue weighted by atomic mass is 10.1. The van der Waals surface area contributed by atoms with Gasteiger partial charge in [0, 0.05) is 13.0 Å². The Morgan fingerprint density at radius 2 is 1.10 bits per heavy atom. The zero-order valence-electron chi connectivity index (χ0n) is 31.1. The molecule has 0 radical (unpaired) electrons. The van der Waals surface area contributed by atoms with Crippen LogP contribution in [0.25, 0.3) is 0 Å². The third kappa shape index (κ3) is 35.7. The van der Waals surface area contributed by atoms with E-state index in [0.717, 1.165) is 57.8 Å². The minimum Gasteiger partial charge on any atom is -0.457 e. The first kappa shape index (κ1) is 47.9. The molecule has 0 saturated carbocycles. The fourth-order valence-electron chi connectivity index (χ4n) is 4.56. The molecule has 0 aromatic rings. The number of carbonyl (C=O) groups excluding carboxylic acids is 1. The minimum absolute atomic E-state index is 0.0162. The molecule has 50 heavy (non-hydrogen) atoms. The van der Waals surface area contributed by atoms with Gasteiger partial charge in [0.1, 0.15) is 12.2 Å². The molecule has 3 unspecified atom stereocenters. The summed E-state index contributed by atoms with van der Waals surface area (Å²) in [7, 11) is -4.53. The van der Waals surface area contributed by atoms with Crippen LogP contribution in [0, 0.1) is 0 Å². The molecule has 0 heterocycles. The van der Waals surface area contributed by atoms with Crippen LogP contribution in [-0.2, 0) is 27.9 Å². The molecule has 0 aromatic heterocycles. The van der Waals surface area contributed by atoms with Crippen LogP contribution in [-0.4, -0.2) is 66.3 Å². The number of esters is 1. The van der Waals surface area contributed by atoms with Crippen molar-refractivity contribution in [2.75, 3.05) is 33.0 Å². The predicted octanol–water partition coefficient (Wildman–Crippen LogP) is 9.80. The van der Waals surface area contributed by atoms with E-state index in [1.54, 1.807) is 0 Å². The van der Waals surface area contributed by atoms with E-state index in [1.807, 2.05) is 12.2 Å². The van der Waals surface area contributed by atoms with Gasteiger partial charge in [-0.15, -0.1) is 0 Å². The molecule has 0 saturated heterocycles. The Bertz CT molecular complexity index is 1000. The summed E-state index contributed by atoms with van der Waals surface area (Å²) in [5.74, 6) is -0.468. The average molecular weight is 725 g/mol. The van der Waals surface area contributed by atoms with Crippen LogP contribution in [0.15, 0.2) is 72.9 Å². The molecule has 0 aliphatic carbocycles. The van der Waals surface area contributed by atoms with Crippen molar-refractivity contribution in [2.45, 2.75) is 142 Å². The smallest absolute Gasteiger partial charge is 0.457 e. The molecule has 0 bridgehead atoms. The maximum Gasteiger partial charge on any atom is 0.472 e. The number of aliphatic hydroxyl groups excluding tert-OH is 2. The summed E-state index contributed by atoms with van der Waals surface area (Å²) < 4.78 is 33.1. The largest absolute Gasteiger partial charge is 0.472 e. The Morgan fingerprint density at radius 1 is 0.640 bits per heavy atom. The highest BCUT2D eigenvalue weighted by Gasteiger charge is 2.26. The standard InChI is InChI=1S/C40H69O9P/c1-3-5-7-9-11-13-15-16-17-18-19-20-21-22-23-24-26-28-30-32-40(43)49-39(37-48-50(44,45)47-35-38(42)34-41)36-46-33-31-29-27-25-14-12-10-8-6-4-2/h5,7,11,13,16-17,19-20,22-23,26,28,38-39,41-42H,3-4,6,8-10,12,14-15,18,21,24-25,27,29-37H2,1-2H3,(H,44,45)/b7-5-,13-11-,17-16-,20-19-,23-22-,28-26-. The molecular weight excluding hydrogens is 655 g/mol. The summed E-state index contributed by atoms with van der Waals surface area (Å²) in [4.78, 5) is 22.4. The van der Waals surface area contributed by atoms with Crippen molar-refractivity contribution in [2.24, 2.45) is 0 Å². The van der Waals surface area contributed by atoms with Crippen molar-refractivity contribution in [3.63, 3.8) is 0 Å². The molecule has 9 nitrogen and oxygen atoms in total. The lowest BCUT2D eigenvalue weighted by Crippen LogP contribution is -2.29. The van der Waals surface area contributed by atoms with Crippen molar-refractivity contribution in [3.8, 4) is 0 Å². The topological polar surface area (TPSA) is 132 Å². The predicted molar refractivity (Wildman–Crippen MR) is 205 cm³/mol.